The van der Waals surface area contributed by atoms with Gasteiger partial charge in [-0.1, -0.05) is 44.0 Å². The number of aromatic nitrogens is 1. The van der Waals surface area contributed by atoms with E-state index in [0.29, 0.717) is 0 Å². The number of H-pyrrole nitrogens is 1. The van der Waals surface area contributed by atoms with Crippen molar-refractivity contribution in [1.29, 1.82) is 0 Å². The molecule has 3 heteroatoms. The van der Waals surface area contributed by atoms with Crippen LogP contribution in [-0.4, -0.2) is 4.98 Å². The molecule has 0 aliphatic carbocycles. The Morgan fingerprint density at radius 2 is 1.92 bits per heavy atom. The molecule has 0 aliphatic heterocycles. The highest BCUT2D eigenvalue weighted by Gasteiger charge is 2.21. The van der Waals surface area contributed by atoms with Gasteiger partial charge in [0.1, 0.15) is 5.82 Å². The molecule has 0 saturated carbocycles. The van der Waals surface area contributed by atoms with Gasteiger partial charge in [-0.2, -0.15) is 0 Å². The Hall–Kier alpha value is -1.80. The van der Waals surface area contributed by atoms with Crippen molar-refractivity contribution in [1.82, 2.24) is 4.98 Å². The molecule has 0 amide bonds. The van der Waals surface area contributed by atoms with Gasteiger partial charge in [0.2, 0.25) is 0 Å². The molecule has 0 bridgehead atoms. The Kier molecular flexibility index (Phi) is 5.19. The maximum atomic E-state index is 14.9. The van der Waals surface area contributed by atoms with Gasteiger partial charge in [0.25, 0.3) is 0 Å². The number of nitrogens with one attached hydrogen (secondary N) is 1. The number of benzene rings is 2. The van der Waals surface area contributed by atoms with Crippen LogP contribution in [0, 0.1) is 19.7 Å². The third-order valence-electron chi connectivity index (χ3n) is 5.27. The first kappa shape index (κ1) is 18.0. The van der Waals surface area contributed by atoms with Gasteiger partial charge >= 0.3 is 0 Å². The maximum Gasteiger partial charge on any atom is 0.130 e. The van der Waals surface area contributed by atoms with Gasteiger partial charge in [-0.15, -0.1) is 0 Å². The Labute approximate surface area is 154 Å². The summed E-state index contributed by atoms with van der Waals surface area (Å²) in [5.41, 5.74) is 5.92. The topological polar surface area (TPSA) is 15.8 Å². The van der Waals surface area contributed by atoms with E-state index in [1.807, 2.05) is 44.2 Å². The first-order chi connectivity index (χ1) is 11.9. The predicted molar refractivity (Wildman–Crippen MR) is 105 cm³/mol. The molecular formula is C22H25ClFN. The van der Waals surface area contributed by atoms with Crippen LogP contribution in [0.1, 0.15) is 60.6 Å². The molecule has 1 heterocycles. The van der Waals surface area contributed by atoms with Crippen molar-refractivity contribution in [3.05, 3.63) is 69.1 Å². The van der Waals surface area contributed by atoms with Crippen molar-refractivity contribution >= 4 is 22.5 Å². The van der Waals surface area contributed by atoms with Gasteiger partial charge in [-0.3, -0.25) is 0 Å². The molecule has 1 N–H and O–H groups in total. The molecule has 0 spiro atoms. The summed E-state index contributed by atoms with van der Waals surface area (Å²) in [5, 5.41) is 1.90. The average Bonchev–Trinajstić information content (AvgIpc) is 2.95. The average molecular weight is 358 g/mol. The Morgan fingerprint density at radius 1 is 1.16 bits per heavy atom. The highest BCUT2D eigenvalue weighted by Crippen LogP contribution is 2.35. The molecule has 1 atom stereocenters. The van der Waals surface area contributed by atoms with E-state index in [1.165, 1.54) is 5.56 Å². The number of unbranched alkanes of at least 4 members (excludes halogenated alkanes) is 1. The molecule has 0 fully saturated rings. The molecule has 1 unspecified atom stereocenters. The molecule has 3 aromatic rings. The summed E-state index contributed by atoms with van der Waals surface area (Å²) in [4.78, 5) is 3.53. The summed E-state index contributed by atoms with van der Waals surface area (Å²) >= 11 is 6.22. The number of hydrogen-bond acceptors (Lipinski definition) is 0. The number of hydrogen-bond donors (Lipinski definition) is 1. The van der Waals surface area contributed by atoms with E-state index < -0.39 is 0 Å². The van der Waals surface area contributed by atoms with E-state index in [2.05, 4.69) is 18.8 Å². The van der Waals surface area contributed by atoms with E-state index in [1.54, 1.807) is 0 Å². The Bertz CT molecular complexity index is 910. The number of fused-ring (bicyclic) bond motifs is 1. The number of rotatable bonds is 5. The fourth-order valence-electron chi connectivity index (χ4n) is 3.53. The smallest absolute Gasteiger partial charge is 0.130 e. The summed E-state index contributed by atoms with van der Waals surface area (Å²) in [6.07, 6.45) is 3.20. The number of aromatic amines is 1. The first-order valence-electron chi connectivity index (χ1n) is 8.99. The maximum absolute atomic E-state index is 14.9. The van der Waals surface area contributed by atoms with E-state index in [9.17, 15) is 4.39 Å². The Morgan fingerprint density at radius 3 is 2.64 bits per heavy atom. The van der Waals surface area contributed by atoms with Crippen LogP contribution in [0.2, 0.25) is 5.02 Å². The lowest BCUT2D eigenvalue weighted by atomic mass is 9.90. The standard InChI is InChI=1S/C22H25ClFN/c1-5-6-7-18-19-12-16(23)9-11-20(19)25-22(18)15(4)17-10-8-13(2)14(3)21(17)24/h8-12,15,25H,5-7H2,1-4H3. The Balaban J connectivity index is 2.15. The normalized spacial score (nSPS) is 12.7. The van der Waals surface area contributed by atoms with Crippen LogP contribution in [0.5, 0.6) is 0 Å². The van der Waals surface area contributed by atoms with Crippen LogP contribution in [0.25, 0.3) is 10.9 Å². The molecule has 0 saturated heterocycles. The fraction of sp³-hybridized carbons (Fsp3) is 0.364. The van der Waals surface area contributed by atoms with Gasteiger partial charge in [0.05, 0.1) is 0 Å². The first-order valence-corrected chi connectivity index (χ1v) is 9.37. The van der Waals surface area contributed by atoms with Crippen molar-refractivity contribution in [2.75, 3.05) is 0 Å². The second kappa shape index (κ2) is 7.21. The van der Waals surface area contributed by atoms with Crippen molar-refractivity contribution in [2.45, 2.75) is 52.9 Å². The lowest BCUT2D eigenvalue weighted by molar-refractivity contribution is 0.590. The highest BCUT2D eigenvalue weighted by atomic mass is 35.5. The van der Waals surface area contributed by atoms with Crippen LogP contribution < -0.4 is 0 Å². The van der Waals surface area contributed by atoms with Crippen molar-refractivity contribution in [3.63, 3.8) is 0 Å². The van der Waals surface area contributed by atoms with Crippen LogP contribution in [0.3, 0.4) is 0 Å². The lowest BCUT2D eigenvalue weighted by Crippen LogP contribution is -2.05. The summed E-state index contributed by atoms with van der Waals surface area (Å²) in [7, 11) is 0. The van der Waals surface area contributed by atoms with Crippen molar-refractivity contribution in [2.24, 2.45) is 0 Å². The molecule has 2 aromatic carbocycles. The quantitative estimate of drug-likeness (QED) is 0.502. The van der Waals surface area contributed by atoms with E-state index >= 15 is 0 Å². The third-order valence-corrected chi connectivity index (χ3v) is 5.50. The monoisotopic (exact) mass is 357 g/mol. The summed E-state index contributed by atoms with van der Waals surface area (Å²) < 4.78 is 14.9. The molecule has 25 heavy (non-hydrogen) atoms. The van der Waals surface area contributed by atoms with Crippen LogP contribution in [-0.2, 0) is 6.42 Å². The molecule has 0 radical (unpaired) electrons. The lowest BCUT2D eigenvalue weighted by Gasteiger charge is -2.16. The minimum atomic E-state index is -0.0920. The van der Waals surface area contributed by atoms with E-state index in [4.69, 9.17) is 11.6 Å². The third kappa shape index (κ3) is 3.32. The summed E-state index contributed by atoms with van der Waals surface area (Å²) in [6, 6.07) is 9.86. The minimum absolute atomic E-state index is 0.0302. The van der Waals surface area contributed by atoms with Crippen LogP contribution >= 0.6 is 11.6 Å². The zero-order valence-corrected chi connectivity index (χ0v) is 16.1. The largest absolute Gasteiger partial charge is 0.358 e. The van der Waals surface area contributed by atoms with Gasteiger partial charge in [-0.05, 0) is 67.1 Å². The zero-order chi connectivity index (χ0) is 18.1. The molecule has 3 rings (SSSR count). The minimum Gasteiger partial charge on any atom is -0.358 e. The van der Waals surface area contributed by atoms with Crippen LogP contribution in [0.15, 0.2) is 30.3 Å². The van der Waals surface area contributed by atoms with Crippen molar-refractivity contribution < 1.29 is 4.39 Å². The van der Waals surface area contributed by atoms with Crippen molar-refractivity contribution in [3.8, 4) is 0 Å². The molecule has 1 nitrogen and oxygen atoms in total. The molecule has 0 aliphatic rings. The second-order valence-electron chi connectivity index (χ2n) is 6.94. The zero-order valence-electron chi connectivity index (χ0n) is 15.3. The summed E-state index contributed by atoms with van der Waals surface area (Å²) in [5.74, 6) is -0.122. The molecular weight excluding hydrogens is 333 g/mol. The van der Waals surface area contributed by atoms with Gasteiger partial charge in [0, 0.05) is 27.5 Å². The van der Waals surface area contributed by atoms with Gasteiger partial charge in [-0.25, -0.2) is 4.39 Å². The SMILES string of the molecule is CCCCc1c(C(C)c2ccc(C)c(C)c2F)[nH]c2ccc(Cl)cc12. The summed E-state index contributed by atoms with van der Waals surface area (Å²) in [6.45, 7) is 8.07. The second-order valence-corrected chi connectivity index (χ2v) is 7.38. The highest BCUT2D eigenvalue weighted by molar-refractivity contribution is 6.31. The van der Waals surface area contributed by atoms with E-state index in [-0.39, 0.29) is 11.7 Å². The van der Waals surface area contributed by atoms with Gasteiger partial charge in [0.15, 0.2) is 0 Å². The number of halogens is 2. The molecule has 1 aromatic heterocycles. The fourth-order valence-corrected chi connectivity index (χ4v) is 3.70. The van der Waals surface area contributed by atoms with Gasteiger partial charge < -0.3 is 4.98 Å². The predicted octanol–water partition coefficient (Wildman–Crippen LogP) is 7.07. The van der Waals surface area contributed by atoms with E-state index in [0.717, 1.165) is 57.6 Å². The molecule has 132 valence electrons. The number of aryl methyl sites for hydroxylation is 2. The van der Waals surface area contributed by atoms with Crippen LogP contribution in [0.4, 0.5) is 4.39 Å².